The maximum absolute atomic E-state index is 11.6. The Morgan fingerprint density at radius 1 is 1.42 bits per heavy atom. The molecule has 0 spiro atoms. The molecule has 1 aromatic carbocycles. The van der Waals surface area contributed by atoms with Gasteiger partial charge in [-0.05, 0) is 40.5 Å². The van der Waals surface area contributed by atoms with Gasteiger partial charge in [0.15, 0.2) is 0 Å². The van der Waals surface area contributed by atoms with Crippen molar-refractivity contribution < 1.29 is 14.7 Å². The zero-order valence-electron chi connectivity index (χ0n) is 10.9. The number of carbonyl (C=O) groups excluding carboxylic acids is 1. The maximum Gasteiger partial charge on any atom is 0.335 e. The van der Waals surface area contributed by atoms with Gasteiger partial charge in [-0.3, -0.25) is 4.79 Å². The van der Waals surface area contributed by atoms with Crippen LogP contribution in [0.15, 0.2) is 22.7 Å². The molecule has 0 heterocycles. The van der Waals surface area contributed by atoms with Crippen LogP contribution in [-0.2, 0) is 4.79 Å². The van der Waals surface area contributed by atoms with Crippen LogP contribution >= 0.6 is 15.9 Å². The minimum absolute atomic E-state index is 0.0569. The summed E-state index contributed by atoms with van der Waals surface area (Å²) in [5.74, 6) is -1.03. The summed E-state index contributed by atoms with van der Waals surface area (Å²) in [6.07, 6.45) is 0.895. The van der Waals surface area contributed by atoms with E-state index in [2.05, 4.69) is 21.2 Å². The van der Waals surface area contributed by atoms with E-state index in [4.69, 9.17) is 5.11 Å². The first-order chi connectivity index (χ1) is 8.95. The van der Waals surface area contributed by atoms with Crippen LogP contribution in [0.1, 0.15) is 23.7 Å². The lowest BCUT2D eigenvalue weighted by atomic mass is 10.2. The van der Waals surface area contributed by atoms with Gasteiger partial charge in [0.2, 0.25) is 5.91 Å². The highest BCUT2D eigenvalue weighted by atomic mass is 79.9. The zero-order valence-corrected chi connectivity index (χ0v) is 12.5. The van der Waals surface area contributed by atoms with Crippen molar-refractivity contribution in [3.63, 3.8) is 0 Å². The summed E-state index contributed by atoms with van der Waals surface area (Å²) in [4.78, 5) is 24.2. The van der Waals surface area contributed by atoms with Crippen molar-refractivity contribution in [2.24, 2.45) is 0 Å². The number of nitrogens with one attached hydrogen (secondary N) is 1. The van der Waals surface area contributed by atoms with Gasteiger partial charge in [-0.1, -0.05) is 6.92 Å². The van der Waals surface area contributed by atoms with Crippen LogP contribution in [0.25, 0.3) is 0 Å². The molecule has 5 nitrogen and oxygen atoms in total. The third-order valence-electron chi connectivity index (χ3n) is 2.56. The topological polar surface area (TPSA) is 69.6 Å². The number of halogens is 1. The Morgan fingerprint density at radius 2 is 2.11 bits per heavy atom. The number of anilines is 1. The Balaban J connectivity index is 2.74. The molecular weight excluding hydrogens is 312 g/mol. The van der Waals surface area contributed by atoms with Gasteiger partial charge in [-0.2, -0.15) is 0 Å². The van der Waals surface area contributed by atoms with E-state index in [9.17, 15) is 9.59 Å². The number of hydrogen-bond acceptors (Lipinski definition) is 3. The van der Waals surface area contributed by atoms with Crippen molar-refractivity contribution in [2.45, 2.75) is 13.3 Å². The Kier molecular flexibility index (Phi) is 5.82. The van der Waals surface area contributed by atoms with E-state index in [0.29, 0.717) is 11.0 Å². The molecule has 0 aliphatic rings. The number of carboxylic acids is 1. The summed E-state index contributed by atoms with van der Waals surface area (Å²) >= 11 is 3.32. The number of benzene rings is 1. The lowest BCUT2D eigenvalue weighted by Gasteiger charge is -2.20. The van der Waals surface area contributed by atoms with Crippen molar-refractivity contribution in [1.82, 2.24) is 5.32 Å². The molecule has 1 rings (SSSR count). The van der Waals surface area contributed by atoms with Crippen molar-refractivity contribution in [1.29, 1.82) is 0 Å². The van der Waals surface area contributed by atoms with Crippen LogP contribution in [0, 0.1) is 0 Å². The predicted molar refractivity (Wildman–Crippen MR) is 77.7 cm³/mol. The average molecular weight is 329 g/mol. The quantitative estimate of drug-likeness (QED) is 0.839. The van der Waals surface area contributed by atoms with Crippen molar-refractivity contribution >= 4 is 33.5 Å². The predicted octanol–water partition coefficient (Wildman–Crippen LogP) is 2.11. The molecule has 0 aliphatic carbocycles. The highest BCUT2D eigenvalue weighted by molar-refractivity contribution is 9.10. The fraction of sp³-hybridized carbons (Fsp3) is 0.385. The summed E-state index contributed by atoms with van der Waals surface area (Å²) < 4.78 is 0.651. The minimum Gasteiger partial charge on any atom is -0.478 e. The van der Waals surface area contributed by atoms with Gasteiger partial charge >= 0.3 is 5.97 Å². The SMILES string of the molecule is CCCNC(=O)CN(C)c1ccc(C(=O)O)cc1Br. The van der Waals surface area contributed by atoms with E-state index in [1.165, 1.54) is 12.1 Å². The summed E-state index contributed by atoms with van der Waals surface area (Å²) in [5.41, 5.74) is 0.983. The van der Waals surface area contributed by atoms with Crippen LogP contribution in [0.3, 0.4) is 0 Å². The minimum atomic E-state index is -0.976. The monoisotopic (exact) mass is 328 g/mol. The number of carboxylic acid groups (broad SMARTS) is 1. The first-order valence-electron chi connectivity index (χ1n) is 5.96. The van der Waals surface area contributed by atoms with Crippen molar-refractivity contribution in [2.75, 3.05) is 25.0 Å². The van der Waals surface area contributed by atoms with Crippen LogP contribution < -0.4 is 10.2 Å². The van der Waals surface area contributed by atoms with E-state index in [0.717, 1.165) is 12.1 Å². The van der Waals surface area contributed by atoms with E-state index in [1.54, 1.807) is 18.0 Å². The Hall–Kier alpha value is -1.56. The lowest BCUT2D eigenvalue weighted by Crippen LogP contribution is -2.35. The largest absolute Gasteiger partial charge is 0.478 e. The molecule has 0 aromatic heterocycles. The Morgan fingerprint density at radius 3 is 2.63 bits per heavy atom. The van der Waals surface area contributed by atoms with Gasteiger partial charge in [0.05, 0.1) is 17.8 Å². The number of carbonyl (C=O) groups is 2. The fourth-order valence-electron chi connectivity index (χ4n) is 1.57. The van der Waals surface area contributed by atoms with Crippen molar-refractivity contribution in [3.05, 3.63) is 28.2 Å². The molecule has 104 valence electrons. The number of amides is 1. The van der Waals surface area contributed by atoms with Gasteiger partial charge in [0.1, 0.15) is 0 Å². The third kappa shape index (κ3) is 4.55. The molecule has 0 atom stereocenters. The third-order valence-corrected chi connectivity index (χ3v) is 3.19. The number of rotatable bonds is 6. The van der Waals surface area contributed by atoms with Crippen LogP contribution in [0.5, 0.6) is 0 Å². The van der Waals surface area contributed by atoms with E-state index < -0.39 is 5.97 Å². The smallest absolute Gasteiger partial charge is 0.335 e. The number of hydrogen-bond donors (Lipinski definition) is 2. The second kappa shape index (κ2) is 7.13. The van der Waals surface area contributed by atoms with E-state index in [1.807, 2.05) is 6.92 Å². The molecule has 0 radical (unpaired) electrons. The summed E-state index contributed by atoms with van der Waals surface area (Å²) in [6, 6.07) is 4.72. The number of nitrogens with zero attached hydrogens (tertiary/aromatic N) is 1. The van der Waals surface area contributed by atoms with E-state index in [-0.39, 0.29) is 18.0 Å². The van der Waals surface area contributed by atoms with Crippen LogP contribution in [0.2, 0.25) is 0 Å². The second-order valence-corrected chi connectivity index (χ2v) is 5.03. The maximum atomic E-state index is 11.6. The summed E-state index contributed by atoms with van der Waals surface area (Å²) in [6.45, 7) is 2.88. The number of likely N-dealkylation sites (N-methyl/N-ethyl adjacent to an activating group) is 1. The molecule has 0 bridgehead atoms. The van der Waals surface area contributed by atoms with Crippen LogP contribution in [0.4, 0.5) is 5.69 Å². The normalized spacial score (nSPS) is 10.1. The highest BCUT2D eigenvalue weighted by Crippen LogP contribution is 2.26. The number of aromatic carboxylic acids is 1. The van der Waals surface area contributed by atoms with Crippen molar-refractivity contribution in [3.8, 4) is 0 Å². The summed E-state index contributed by atoms with van der Waals surface area (Å²) in [5, 5.41) is 11.7. The Labute approximate surface area is 120 Å². The Bertz CT molecular complexity index is 477. The lowest BCUT2D eigenvalue weighted by molar-refractivity contribution is -0.119. The molecule has 2 N–H and O–H groups in total. The van der Waals surface area contributed by atoms with Gasteiger partial charge < -0.3 is 15.3 Å². The molecule has 19 heavy (non-hydrogen) atoms. The first kappa shape index (κ1) is 15.5. The standard InChI is InChI=1S/C13H17BrN2O3/c1-3-6-15-12(17)8-16(2)11-5-4-9(13(18)19)7-10(11)14/h4-5,7H,3,6,8H2,1-2H3,(H,15,17)(H,18,19). The molecule has 0 saturated carbocycles. The zero-order chi connectivity index (χ0) is 14.4. The van der Waals surface area contributed by atoms with Gasteiger partial charge in [-0.25, -0.2) is 4.79 Å². The molecule has 0 aliphatic heterocycles. The molecule has 1 amide bonds. The fourth-order valence-corrected chi connectivity index (χ4v) is 2.25. The van der Waals surface area contributed by atoms with Gasteiger partial charge in [0.25, 0.3) is 0 Å². The van der Waals surface area contributed by atoms with Crippen LogP contribution in [-0.4, -0.2) is 37.1 Å². The molecule has 1 aromatic rings. The summed E-state index contributed by atoms with van der Waals surface area (Å²) in [7, 11) is 1.78. The first-order valence-corrected chi connectivity index (χ1v) is 6.75. The van der Waals surface area contributed by atoms with Gasteiger partial charge in [0, 0.05) is 18.1 Å². The molecular formula is C13H17BrN2O3. The molecule has 0 saturated heterocycles. The molecule has 6 heteroatoms. The van der Waals surface area contributed by atoms with Gasteiger partial charge in [-0.15, -0.1) is 0 Å². The highest BCUT2D eigenvalue weighted by Gasteiger charge is 2.12. The average Bonchev–Trinajstić information content (AvgIpc) is 2.35. The molecule has 0 fully saturated rings. The molecule has 0 unspecified atom stereocenters. The van der Waals surface area contributed by atoms with E-state index >= 15 is 0 Å². The second-order valence-electron chi connectivity index (χ2n) is 4.18.